The van der Waals surface area contributed by atoms with Gasteiger partial charge in [0, 0.05) is 17.8 Å². The summed E-state index contributed by atoms with van der Waals surface area (Å²) in [6.07, 6.45) is 0. The zero-order valence-electron chi connectivity index (χ0n) is 13.7. The van der Waals surface area contributed by atoms with Crippen molar-refractivity contribution in [2.24, 2.45) is 5.92 Å². The van der Waals surface area contributed by atoms with E-state index in [2.05, 4.69) is 10.6 Å². The topological polar surface area (TPSA) is 93.5 Å². The first-order valence-electron chi connectivity index (χ1n) is 7.49. The average molecular weight is 349 g/mol. The van der Waals surface area contributed by atoms with Crippen LogP contribution in [0.2, 0.25) is 0 Å². The number of carbonyl (C=O) groups is 1. The second-order valence-electron chi connectivity index (χ2n) is 5.91. The predicted molar refractivity (Wildman–Crippen MR) is 93.2 cm³/mol. The Morgan fingerprint density at radius 3 is 2.79 bits per heavy atom. The number of nitro benzene ring substituents is 1. The number of allylic oxidation sites excluding steroid dienone is 1. The molecule has 0 saturated carbocycles. The van der Waals surface area contributed by atoms with Crippen LogP contribution in [-0.2, 0) is 9.53 Å². The van der Waals surface area contributed by atoms with E-state index in [0.717, 1.165) is 0 Å². The van der Waals surface area contributed by atoms with Gasteiger partial charge in [-0.3, -0.25) is 10.1 Å². The fourth-order valence-electron chi connectivity index (χ4n) is 2.35. The molecule has 1 aromatic carbocycles. The van der Waals surface area contributed by atoms with Crippen molar-refractivity contribution >= 4 is 29.0 Å². The Bertz CT molecular complexity index is 715. The van der Waals surface area contributed by atoms with Crippen LogP contribution < -0.4 is 10.6 Å². The lowest BCUT2D eigenvalue weighted by Crippen LogP contribution is -2.45. The number of esters is 1. The van der Waals surface area contributed by atoms with Gasteiger partial charge in [-0.25, -0.2) is 4.79 Å². The maximum atomic E-state index is 12.5. The van der Waals surface area contributed by atoms with Gasteiger partial charge in [-0.05, 0) is 30.6 Å². The van der Waals surface area contributed by atoms with E-state index in [1.807, 2.05) is 13.8 Å². The molecule has 7 nitrogen and oxygen atoms in total. The van der Waals surface area contributed by atoms with E-state index in [1.54, 1.807) is 19.1 Å². The summed E-state index contributed by atoms with van der Waals surface area (Å²) in [5.41, 5.74) is 1.46. The standard InChI is InChI=1S/C16H19N3O4S/c1-9(2)8-23-15(20)13-10(3)17-16(24)18-14(13)11-5-4-6-12(7-11)19(21)22/h4-7,9,14H,8H2,1-3H3,(H2,17,18,24). The Hall–Kier alpha value is -2.48. The highest BCUT2D eigenvalue weighted by Gasteiger charge is 2.31. The van der Waals surface area contributed by atoms with Gasteiger partial charge >= 0.3 is 5.97 Å². The molecular formula is C16H19N3O4S. The minimum Gasteiger partial charge on any atom is -0.462 e. The summed E-state index contributed by atoms with van der Waals surface area (Å²) < 4.78 is 5.32. The van der Waals surface area contributed by atoms with Crippen molar-refractivity contribution in [2.75, 3.05) is 6.61 Å². The molecule has 2 N–H and O–H groups in total. The summed E-state index contributed by atoms with van der Waals surface area (Å²) in [6, 6.07) is 5.51. The van der Waals surface area contributed by atoms with Crippen LogP contribution in [0.5, 0.6) is 0 Å². The molecule has 128 valence electrons. The van der Waals surface area contributed by atoms with E-state index >= 15 is 0 Å². The summed E-state index contributed by atoms with van der Waals surface area (Å²) in [5, 5.41) is 17.2. The Balaban J connectivity index is 2.39. The highest BCUT2D eigenvalue weighted by molar-refractivity contribution is 7.80. The van der Waals surface area contributed by atoms with Gasteiger partial charge in [0.05, 0.1) is 23.1 Å². The van der Waals surface area contributed by atoms with Crippen molar-refractivity contribution in [3.05, 3.63) is 51.2 Å². The number of rotatable bonds is 5. The normalized spacial score (nSPS) is 17.3. The van der Waals surface area contributed by atoms with Crippen molar-refractivity contribution in [1.29, 1.82) is 0 Å². The Labute approximate surface area is 145 Å². The number of carbonyl (C=O) groups excluding carboxylic acids is 1. The van der Waals surface area contributed by atoms with Crippen LogP contribution in [-0.4, -0.2) is 22.6 Å². The molecule has 8 heteroatoms. The van der Waals surface area contributed by atoms with E-state index in [9.17, 15) is 14.9 Å². The van der Waals surface area contributed by atoms with E-state index < -0.39 is 16.9 Å². The molecule has 0 amide bonds. The fraction of sp³-hybridized carbons (Fsp3) is 0.375. The molecule has 0 fully saturated rings. The molecule has 0 aliphatic carbocycles. The number of ether oxygens (including phenoxy) is 1. The molecule has 24 heavy (non-hydrogen) atoms. The number of nitrogens with zero attached hydrogens (tertiary/aromatic N) is 1. The third kappa shape index (κ3) is 4.08. The van der Waals surface area contributed by atoms with Crippen LogP contribution in [0.3, 0.4) is 0 Å². The molecular weight excluding hydrogens is 330 g/mol. The van der Waals surface area contributed by atoms with Crippen molar-refractivity contribution in [1.82, 2.24) is 10.6 Å². The maximum absolute atomic E-state index is 12.5. The van der Waals surface area contributed by atoms with E-state index in [0.29, 0.717) is 28.6 Å². The SMILES string of the molecule is CC1=C(C(=O)OCC(C)C)C(c2cccc([N+](=O)[O-])c2)NC(=S)N1. The molecule has 1 atom stereocenters. The van der Waals surface area contributed by atoms with Crippen molar-refractivity contribution in [3.63, 3.8) is 0 Å². The molecule has 1 aromatic rings. The summed E-state index contributed by atoms with van der Waals surface area (Å²) in [7, 11) is 0. The minimum atomic E-state index is -0.599. The van der Waals surface area contributed by atoms with Gasteiger partial charge in [-0.1, -0.05) is 26.0 Å². The zero-order valence-corrected chi connectivity index (χ0v) is 14.5. The number of thiocarbonyl (C=S) groups is 1. The van der Waals surface area contributed by atoms with Gasteiger partial charge in [0.2, 0.25) is 0 Å². The average Bonchev–Trinajstić information content (AvgIpc) is 2.52. The lowest BCUT2D eigenvalue weighted by atomic mass is 9.95. The van der Waals surface area contributed by atoms with Crippen LogP contribution in [0.1, 0.15) is 32.4 Å². The van der Waals surface area contributed by atoms with Crippen LogP contribution in [0.15, 0.2) is 35.5 Å². The monoisotopic (exact) mass is 349 g/mol. The number of nitrogens with one attached hydrogen (secondary N) is 2. The molecule has 0 bridgehead atoms. The summed E-state index contributed by atoms with van der Waals surface area (Å²) in [4.78, 5) is 23.0. The van der Waals surface area contributed by atoms with Crippen LogP contribution in [0.4, 0.5) is 5.69 Å². The molecule has 1 aliphatic rings. The lowest BCUT2D eigenvalue weighted by Gasteiger charge is -2.29. The van der Waals surface area contributed by atoms with Gasteiger partial charge < -0.3 is 15.4 Å². The maximum Gasteiger partial charge on any atom is 0.338 e. The summed E-state index contributed by atoms with van der Waals surface area (Å²) in [6.45, 7) is 5.91. The van der Waals surface area contributed by atoms with Crippen LogP contribution in [0, 0.1) is 16.0 Å². The first-order valence-corrected chi connectivity index (χ1v) is 7.90. The highest BCUT2D eigenvalue weighted by atomic mass is 32.1. The number of hydrogen-bond donors (Lipinski definition) is 2. The number of non-ortho nitro benzene ring substituents is 1. The highest BCUT2D eigenvalue weighted by Crippen LogP contribution is 2.29. The van der Waals surface area contributed by atoms with Crippen LogP contribution >= 0.6 is 12.2 Å². The van der Waals surface area contributed by atoms with E-state index in [4.69, 9.17) is 17.0 Å². The third-order valence-electron chi connectivity index (χ3n) is 3.45. The smallest absolute Gasteiger partial charge is 0.338 e. The first kappa shape index (κ1) is 17.9. The largest absolute Gasteiger partial charge is 0.462 e. The van der Waals surface area contributed by atoms with Crippen molar-refractivity contribution < 1.29 is 14.5 Å². The molecule has 0 spiro atoms. The Morgan fingerprint density at radius 1 is 1.46 bits per heavy atom. The Morgan fingerprint density at radius 2 is 2.17 bits per heavy atom. The molecule has 1 aliphatic heterocycles. The lowest BCUT2D eigenvalue weighted by molar-refractivity contribution is -0.384. The number of hydrogen-bond acceptors (Lipinski definition) is 5. The minimum absolute atomic E-state index is 0.0497. The Kier molecular flexibility index (Phi) is 5.50. The summed E-state index contributed by atoms with van der Waals surface area (Å²) in [5.74, 6) is -0.267. The third-order valence-corrected chi connectivity index (χ3v) is 3.67. The number of nitro groups is 1. The quantitative estimate of drug-likeness (QED) is 0.365. The predicted octanol–water partition coefficient (Wildman–Crippen LogP) is 2.59. The summed E-state index contributed by atoms with van der Waals surface area (Å²) >= 11 is 5.15. The van der Waals surface area contributed by atoms with Gasteiger partial charge in [0.15, 0.2) is 5.11 Å². The van der Waals surface area contributed by atoms with Crippen molar-refractivity contribution in [3.8, 4) is 0 Å². The second-order valence-corrected chi connectivity index (χ2v) is 6.32. The molecule has 0 radical (unpaired) electrons. The zero-order chi connectivity index (χ0) is 17.9. The molecule has 0 saturated heterocycles. The van der Waals surface area contributed by atoms with Crippen LogP contribution in [0.25, 0.3) is 0 Å². The molecule has 2 rings (SSSR count). The number of benzene rings is 1. The van der Waals surface area contributed by atoms with Crippen molar-refractivity contribution in [2.45, 2.75) is 26.8 Å². The van der Waals surface area contributed by atoms with E-state index in [-0.39, 0.29) is 11.6 Å². The second kappa shape index (κ2) is 7.39. The molecule has 1 heterocycles. The fourth-order valence-corrected chi connectivity index (χ4v) is 2.62. The first-order chi connectivity index (χ1) is 11.3. The van der Waals surface area contributed by atoms with Gasteiger partial charge in [-0.15, -0.1) is 0 Å². The van der Waals surface area contributed by atoms with Gasteiger partial charge in [0.1, 0.15) is 0 Å². The van der Waals surface area contributed by atoms with Gasteiger partial charge in [0.25, 0.3) is 5.69 Å². The van der Waals surface area contributed by atoms with Gasteiger partial charge in [-0.2, -0.15) is 0 Å². The molecule has 0 aromatic heterocycles. The molecule has 1 unspecified atom stereocenters. The van der Waals surface area contributed by atoms with E-state index in [1.165, 1.54) is 12.1 Å².